The number of benzene rings is 1. The number of nitrogen functional groups attached to an aromatic ring is 1. The third-order valence-electron chi connectivity index (χ3n) is 2.48. The van der Waals surface area contributed by atoms with E-state index in [2.05, 4.69) is 4.74 Å². The topological polar surface area (TPSA) is 55.5 Å². The minimum atomic E-state index is -6.24. The molecule has 0 saturated heterocycles. The maximum absolute atomic E-state index is 12.6. The second-order valence-electron chi connectivity index (χ2n) is 4.01. The van der Waals surface area contributed by atoms with Gasteiger partial charge in [0.25, 0.3) is 5.60 Å². The first-order valence-electron chi connectivity index (χ1n) is 5.11. The van der Waals surface area contributed by atoms with Gasteiger partial charge in [-0.05, 0) is 12.1 Å². The monoisotopic (exact) mass is 343 g/mol. The lowest BCUT2D eigenvalue weighted by Crippen LogP contribution is -2.53. The Kier molecular flexibility index (Phi) is 4.22. The maximum atomic E-state index is 12.6. The highest BCUT2D eigenvalue weighted by atomic mass is 19.4. The fourth-order valence-electron chi connectivity index (χ4n) is 1.46. The van der Waals surface area contributed by atoms with Crippen LogP contribution in [-0.4, -0.2) is 23.8 Å². The fourth-order valence-corrected chi connectivity index (χ4v) is 1.46. The average Bonchev–Trinajstić information content (AvgIpc) is 2.26. The van der Waals surface area contributed by atoms with Gasteiger partial charge in [-0.25, -0.2) is 0 Å². The number of ether oxygens (including phenoxy) is 1. The van der Waals surface area contributed by atoms with Gasteiger partial charge in [0.05, 0.1) is 5.69 Å². The molecule has 0 radical (unpaired) electrons. The van der Waals surface area contributed by atoms with Gasteiger partial charge in [0.1, 0.15) is 0 Å². The highest BCUT2D eigenvalue weighted by Crippen LogP contribution is 2.51. The molecule has 0 amide bonds. The molecule has 0 aromatic heterocycles. The van der Waals surface area contributed by atoms with Crippen LogP contribution < -0.4 is 10.5 Å². The van der Waals surface area contributed by atoms with Gasteiger partial charge in [-0.1, -0.05) is 6.07 Å². The SMILES string of the molecule is Nc1ccc(C(O)(C(F)(F)F)C(F)(F)F)cc1OC(F)(F)F. The van der Waals surface area contributed by atoms with E-state index in [4.69, 9.17) is 10.8 Å². The van der Waals surface area contributed by atoms with Crippen molar-refractivity contribution in [3.05, 3.63) is 23.8 Å². The molecule has 12 heteroatoms. The van der Waals surface area contributed by atoms with Crippen LogP contribution in [0, 0.1) is 0 Å². The van der Waals surface area contributed by atoms with Gasteiger partial charge in [0.15, 0.2) is 5.75 Å². The molecule has 0 bridgehead atoms. The minimum Gasteiger partial charge on any atom is -0.404 e. The number of anilines is 1. The lowest BCUT2D eigenvalue weighted by molar-refractivity contribution is -0.376. The zero-order valence-corrected chi connectivity index (χ0v) is 10.1. The number of rotatable bonds is 2. The zero-order valence-electron chi connectivity index (χ0n) is 10.1. The first-order chi connectivity index (χ1) is 9.59. The Hall–Kier alpha value is -1.85. The molecule has 3 N–H and O–H groups in total. The first kappa shape index (κ1) is 18.2. The molecule has 3 nitrogen and oxygen atoms in total. The number of nitrogens with two attached hydrogens (primary N) is 1. The summed E-state index contributed by atoms with van der Waals surface area (Å²) >= 11 is 0. The van der Waals surface area contributed by atoms with Crippen LogP contribution in [0.3, 0.4) is 0 Å². The third kappa shape index (κ3) is 3.31. The molecule has 0 unspecified atom stereocenters. The molecule has 0 spiro atoms. The van der Waals surface area contributed by atoms with E-state index < -0.39 is 41.3 Å². The predicted molar refractivity (Wildman–Crippen MR) is 53.5 cm³/mol. The van der Waals surface area contributed by atoms with E-state index in [1.807, 2.05) is 0 Å². The van der Waals surface area contributed by atoms with E-state index in [9.17, 15) is 39.5 Å². The molecule has 0 fully saturated rings. The standard InChI is InChI=1S/C10H6F9NO2/c11-8(12,13)7(21,9(14,15)16)4-1-2-5(20)6(3-4)22-10(17,18)19/h1-3,21H,20H2. The van der Waals surface area contributed by atoms with E-state index in [-0.39, 0.29) is 12.1 Å². The van der Waals surface area contributed by atoms with E-state index in [1.165, 1.54) is 0 Å². The van der Waals surface area contributed by atoms with Gasteiger partial charge >= 0.3 is 18.7 Å². The summed E-state index contributed by atoms with van der Waals surface area (Å²) in [4.78, 5) is 0. The molecule has 1 rings (SSSR count). The van der Waals surface area contributed by atoms with E-state index >= 15 is 0 Å². The summed E-state index contributed by atoms with van der Waals surface area (Å²) in [6, 6.07) is 0.141. The Balaban J connectivity index is 3.50. The van der Waals surface area contributed by atoms with Gasteiger partial charge in [-0.3, -0.25) is 0 Å². The van der Waals surface area contributed by atoms with E-state index in [0.717, 1.165) is 0 Å². The highest BCUT2D eigenvalue weighted by Gasteiger charge is 2.71. The van der Waals surface area contributed by atoms with Crippen LogP contribution in [0.15, 0.2) is 18.2 Å². The molecule has 0 atom stereocenters. The minimum absolute atomic E-state index is 0.0968. The van der Waals surface area contributed by atoms with Crippen LogP contribution in [0.4, 0.5) is 45.2 Å². The summed E-state index contributed by atoms with van der Waals surface area (Å²) in [6.45, 7) is 0. The van der Waals surface area contributed by atoms with Crippen LogP contribution in [-0.2, 0) is 5.60 Å². The molecule has 1 aromatic carbocycles. The van der Waals surface area contributed by atoms with Crippen LogP contribution in [0.5, 0.6) is 5.75 Å². The van der Waals surface area contributed by atoms with Crippen LogP contribution in [0.25, 0.3) is 0 Å². The van der Waals surface area contributed by atoms with Gasteiger partial charge < -0.3 is 15.6 Å². The van der Waals surface area contributed by atoms with Crippen molar-refractivity contribution in [2.24, 2.45) is 0 Å². The molecule has 0 heterocycles. The van der Waals surface area contributed by atoms with Crippen molar-refractivity contribution >= 4 is 5.69 Å². The Bertz CT molecular complexity index is 533. The highest BCUT2D eigenvalue weighted by molar-refractivity contribution is 5.55. The van der Waals surface area contributed by atoms with Crippen LogP contribution in [0.1, 0.15) is 5.56 Å². The molecular formula is C10H6F9NO2. The van der Waals surface area contributed by atoms with E-state index in [0.29, 0.717) is 6.07 Å². The molecular weight excluding hydrogens is 337 g/mol. The molecule has 0 aliphatic heterocycles. The summed E-state index contributed by atoms with van der Waals surface area (Å²) in [6.07, 6.45) is -17.9. The fraction of sp³-hybridized carbons (Fsp3) is 0.400. The van der Waals surface area contributed by atoms with Crippen LogP contribution in [0.2, 0.25) is 0 Å². The molecule has 22 heavy (non-hydrogen) atoms. The number of aliphatic hydroxyl groups is 1. The average molecular weight is 343 g/mol. The smallest absolute Gasteiger partial charge is 0.404 e. The number of hydrogen-bond donors (Lipinski definition) is 2. The van der Waals surface area contributed by atoms with Crippen LogP contribution >= 0.6 is 0 Å². The third-order valence-corrected chi connectivity index (χ3v) is 2.48. The van der Waals surface area contributed by atoms with Gasteiger partial charge in [0, 0.05) is 5.56 Å². The van der Waals surface area contributed by atoms with Crippen molar-refractivity contribution < 1.29 is 49.4 Å². The Morgan fingerprint density at radius 1 is 0.864 bits per heavy atom. The van der Waals surface area contributed by atoms with E-state index in [1.54, 1.807) is 0 Å². The van der Waals surface area contributed by atoms with Crippen molar-refractivity contribution in [3.8, 4) is 5.75 Å². The molecule has 0 saturated carbocycles. The summed E-state index contributed by atoms with van der Waals surface area (Å²) in [5, 5.41) is 9.04. The number of hydrogen-bond acceptors (Lipinski definition) is 3. The Morgan fingerprint density at radius 2 is 1.32 bits per heavy atom. The normalized spacial score (nSPS) is 14.1. The zero-order chi connectivity index (χ0) is 17.6. The summed E-state index contributed by atoms with van der Waals surface area (Å²) in [5.74, 6) is -1.50. The summed E-state index contributed by atoms with van der Waals surface area (Å²) < 4.78 is 115. The predicted octanol–water partition coefficient (Wildman–Crippen LogP) is 3.48. The second-order valence-corrected chi connectivity index (χ2v) is 4.01. The van der Waals surface area contributed by atoms with Crippen molar-refractivity contribution in [2.45, 2.75) is 24.3 Å². The lowest BCUT2D eigenvalue weighted by Gasteiger charge is -2.33. The lowest BCUT2D eigenvalue weighted by atomic mass is 9.92. The molecule has 0 aliphatic carbocycles. The van der Waals surface area contributed by atoms with Gasteiger partial charge in [0.2, 0.25) is 0 Å². The largest absolute Gasteiger partial charge is 0.573 e. The maximum Gasteiger partial charge on any atom is 0.573 e. The van der Waals surface area contributed by atoms with Gasteiger partial charge in [-0.2, -0.15) is 26.3 Å². The summed E-state index contributed by atoms with van der Waals surface area (Å²) in [7, 11) is 0. The number of halogens is 9. The summed E-state index contributed by atoms with van der Waals surface area (Å²) in [5.41, 5.74) is -3.17. The van der Waals surface area contributed by atoms with Crippen molar-refractivity contribution in [3.63, 3.8) is 0 Å². The number of alkyl halides is 9. The molecule has 1 aromatic rings. The quantitative estimate of drug-likeness (QED) is 0.639. The van der Waals surface area contributed by atoms with Crippen molar-refractivity contribution in [1.82, 2.24) is 0 Å². The molecule has 0 aliphatic rings. The van der Waals surface area contributed by atoms with Crippen molar-refractivity contribution in [2.75, 3.05) is 5.73 Å². The van der Waals surface area contributed by atoms with Crippen molar-refractivity contribution in [1.29, 1.82) is 0 Å². The Labute approximate surface area is 116 Å². The van der Waals surface area contributed by atoms with Gasteiger partial charge in [-0.15, -0.1) is 13.2 Å². The molecule has 126 valence electrons. The Morgan fingerprint density at radius 3 is 1.68 bits per heavy atom. The second kappa shape index (κ2) is 5.11. The first-order valence-corrected chi connectivity index (χ1v) is 5.11.